The van der Waals surface area contributed by atoms with Crippen LogP contribution in [-0.2, 0) is 14.3 Å². The third-order valence-corrected chi connectivity index (χ3v) is 6.66. The molecule has 2 bridgehead atoms. The van der Waals surface area contributed by atoms with Crippen LogP contribution in [0.2, 0.25) is 0 Å². The van der Waals surface area contributed by atoms with Crippen LogP contribution in [0.3, 0.4) is 0 Å². The minimum Gasteiger partial charge on any atom is -0.393 e. The molecule has 5 aliphatic rings. The van der Waals surface area contributed by atoms with Gasteiger partial charge in [-0.05, 0) is 54.8 Å². The van der Waals surface area contributed by atoms with Gasteiger partial charge in [-0.2, -0.15) is 0 Å². The van der Waals surface area contributed by atoms with E-state index >= 15 is 0 Å². The number of carbonyl (C=O) groups excluding carboxylic acids is 2. The normalized spacial score (nSPS) is 61.9. The molecule has 3 nitrogen and oxygen atoms in total. The maximum absolute atomic E-state index is 11.7. The number of rotatable bonds is 0. The zero-order valence-corrected chi connectivity index (χ0v) is 9.67. The third kappa shape index (κ3) is 0.801. The SMILES string of the molecule is O=C1OC(=O)C2C1C1C3CC(C4CCCC43)C21. The van der Waals surface area contributed by atoms with Crippen LogP contribution in [0.25, 0.3) is 0 Å². The van der Waals surface area contributed by atoms with Crippen molar-refractivity contribution in [3.05, 3.63) is 0 Å². The lowest BCUT2D eigenvalue weighted by Crippen LogP contribution is -2.54. The van der Waals surface area contributed by atoms with Crippen LogP contribution < -0.4 is 0 Å². The minimum absolute atomic E-state index is 0.0379. The fourth-order valence-corrected chi connectivity index (χ4v) is 6.39. The van der Waals surface area contributed by atoms with Gasteiger partial charge in [-0.15, -0.1) is 0 Å². The standard InChI is InChI=1S/C14H16O3/c15-13-11-9-7-4-8(6-3-1-2-5(6)7)10(9)12(11)14(16)17-13/h5-12H,1-4H2. The predicted molar refractivity (Wildman–Crippen MR) is 57.5 cm³/mol. The van der Waals surface area contributed by atoms with E-state index in [-0.39, 0.29) is 23.8 Å². The Morgan fingerprint density at radius 1 is 0.824 bits per heavy atom. The van der Waals surface area contributed by atoms with Crippen molar-refractivity contribution in [1.29, 1.82) is 0 Å². The van der Waals surface area contributed by atoms with E-state index in [0.717, 1.165) is 23.7 Å². The lowest BCUT2D eigenvalue weighted by Gasteiger charge is -2.51. The number of hydrogen-bond donors (Lipinski definition) is 0. The average Bonchev–Trinajstić information content (AvgIpc) is 2.88. The summed E-state index contributed by atoms with van der Waals surface area (Å²) < 4.78 is 4.85. The fraction of sp³-hybridized carbons (Fsp3) is 0.857. The Kier molecular flexibility index (Phi) is 1.39. The van der Waals surface area contributed by atoms with Crippen molar-refractivity contribution in [1.82, 2.24) is 0 Å². The van der Waals surface area contributed by atoms with Crippen LogP contribution in [0.4, 0.5) is 0 Å². The Balaban J connectivity index is 1.57. The number of hydrogen-bond acceptors (Lipinski definition) is 3. The molecule has 0 aromatic rings. The van der Waals surface area contributed by atoms with E-state index in [1.165, 1.54) is 25.7 Å². The van der Waals surface area contributed by atoms with Gasteiger partial charge in [0.2, 0.25) is 0 Å². The Morgan fingerprint density at radius 2 is 1.35 bits per heavy atom. The highest BCUT2D eigenvalue weighted by Crippen LogP contribution is 2.73. The van der Waals surface area contributed by atoms with Gasteiger partial charge < -0.3 is 4.74 Å². The molecule has 4 saturated carbocycles. The van der Waals surface area contributed by atoms with Crippen molar-refractivity contribution in [3.63, 3.8) is 0 Å². The van der Waals surface area contributed by atoms with Gasteiger partial charge in [0, 0.05) is 0 Å². The number of fused-ring (bicyclic) bond motifs is 11. The summed E-state index contributed by atoms with van der Waals surface area (Å²) in [6.45, 7) is 0. The highest BCUT2D eigenvalue weighted by Gasteiger charge is 2.74. The highest BCUT2D eigenvalue weighted by atomic mass is 16.6. The zero-order chi connectivity index (χ0) is 11.3. The molecule has 3 heteroatoms. The van der Waals surface area contributed by atoms with Gasteiger partial charge in [0.15, 0.2) is 0 Å². The van der Waals surface area contributed by atoms with E-state index in [0.29, 0.717) is 11.8 Å². The summed E-state index contributed by atoms with van der Waals surface area (Å²) in [5.41, 5.74) is 0. The van der Waals surface area contributed by atoms with Crippen molar-refractivity contribution < 1.29 is 14.3 Å². The number of ether oxygens (including phenoxy) is 1. The molecule has 0 radical (unpaired) electrons. The largest absolute Gasteiger partial charge is 0.393 e. The molecule has 8 unspecified atom stereocenters. The molecule has 90 valence electrons. The zero-order valence-electron chi connectivity index (χ0n) is 9.67. The second-order valence-electron chi connectivity index (χ2n) is 6.77. The maximum Gasteiger partial charge on any atom is 0.317 e. The van der Waals surface area contributed by atoms with Crippen molar-refractivity contribution >= 4 is 11.9 Å². The molecule has 1 aliphatic heterocycles. The third-order valence-electron chi connectivity index (χ3n) is 6.66. The van der Waals surface area contributed by atoms with Gasteiger partial charge in [-0.3, -0.25) is 9.59 Å². The number of esters is 2. The molecule has 1 saturated heterocycles. The Hall–Kier alpha value is -0.860. The quantitative estimate of drug-likeness (QED) is 0.362. The first-order chi connectivity index (χ1) is 8.27. The van der Waals surface area contributed by atoms with Crippen LogP contribution in [-0.4, -0.2) is 11.9 Å². The Labute approximate surface area is 99.9 Å². The van der Waals surface area contributed by atoms with E-state index in [1.54, 1.807) is 0 Å². The Bertz CT molecular complexity index is 405. The molecule has 8 atom stereocenters. The van der Waals surface area contributed by atoms with Crippen LogP contribution in [0, 0.1) is 47.3 Å². The molecule has 5 fully saturated rings. The summed E-state index contributed by atoms with van der Waals surface area (Å²) in [6, 6.07) is 0. The molecule has 0 aromatic heterocycles. The molecular formula is C14H16O3. The van der Waals surface area contributed by atoms with Crippen LogP contribution in [0.15, 0.2) is 0 Å². The number of carbonyl (C=O) groups is 2. The molecule has 0 spiro atoms. The number of cyclic esters (lactones) is 2. The van der Waals surface area contributed by atoms with E-state index in [4.69, 9.17) is 4.74 Å². The summed E-state index contributed by atoms with van der Waals surface area (Å²) in [6.07, 6.45) is 5.42. The topological polar surface area (TPSA) is 43.4 Å². The van der Waals surface area contributed by atoms with E-state index in [9.17, 15) is 9.59 Å². The second kappa shape index (κ2) is 2.60. The van der Waals surface area contributed by atoms with E-state index in [1.807, 2.05) is 0 Å². The van der Waals surface area contributed by atoms with Crippen molar-refractivity contribution in [2.45, 2.75) is 25.7 Å². The molecule has 1 heterocycles. The van der Waals surface area contributed by atoms with Gasteiger partial charge in [0.1, 0.15) is 0 Å². The van der Waals surface area contributed by atoms with E-state index in [2.05, 4.69) is 0 Å². The molecule has 4 aliphatic carbocycles. The average molecular weight is 232 g/mol. The first-order valence-electron chi connectivity index (χ1n) is 7.03. The highest BCUT2D eigenvalue weighted by molar-refractivity contribution is 5.98. The summed E-state index contributed by atoms with van der Waals surface area (Å²) in [5.74, 6) is 3.80. The van der Waals surface area contributed by atoms with Crippen molar-refractivity contribution in [3.8, 4) is 0 Å². The second-order valence-corrected chi connectivity index (χ2v) is 6.77. The summed E-state index contributed by atoms with van der Waals surface area (Å²) in [5, 5.41) is 0. The van der Waals surface area contributed by atoms with Gasteiger partial charge in [-0.25, -0.2) is 0 Å². The van der Waals surface area contributed by atoms with E-state index < -0.39 is 0 Å². The van der Waals surface area contributed by atoms with Gasteiger partial charge in [0.25, 0.3) is 0 Å². The van der Waals surface area contributed by atoms with Gasteiger partial charge in [-0.1, -0.05) is 6.42 Å². The summed E-state index contributed by atoms with van der Waals surface area (Å²) >= 11 is 0. The molecule has 17 heavy (non-hydrogen) atoms. The molecule has 5 rings (SSSR count). The van der Waals surface area contributed by atoms with Gasteiger partial charge in [0.05, 0.1) is 11.8 Å². The van der Waals surface area contributed by atoms with Crippen LogP contribution in [0.1, 0.15) is 25.7 Å². The minimum atomic E-state index is -0.205. The summed E-state index contributed by atoms with van der Waals surface area (Å²) in [4.78, 5) is 23.4. The van der Waals surface area contributed by atoms with Crippen molar-refractivity contribution in [2.24, 2.45) is 47.3 Å². The lowest BCUT2D eigenvalue weighted by atomic mass is 9.49. The predicted octanol–water partition coefficient (Wildman–Crippen LogP) is 1.61. The van der Waals surface area contributed by atoms with Crippen molar-refractivity contribution in [2.75, 3.05) is 0 Å². The molecule has 0 amide bonds. The van der Waals surface area contributed by atoms with Crippen LogP contribution in [0.5, 0.6) is 0 Å². The molecular weight excluding hydrogens is 216 g/mol. The maximum atomic E-state index is 11.7. The molecule has 0 aromatic carbocycles. The lowest BCUT2D eigenvalue weighted by molar-refractivity contribution is -0.153. The van der Waals surface area contributed by atoms with Gasteiger partial charge >= 0.3 is 11.9 Å². The van der Waals surface area contributed by atoms with Crippen LogP contribution >= 0.6 is 0 Å². The fourth-order valence-electron chi connectivity index (χ4n) is 6.39. The Morgan fingerprint density at radius 3 is 1.88 bits per heavy atom. The summed E-state index contributed by atoms with van der Waals surface area (Å²) in [7, 11) is 0. The first-order valence-corrected chi connectivity index (χ1v) is 7.03. The smallest absolute Gasteiger partial charge is 0.317 e. The monoisotopic (exact) mass is 232 g/mol. The molecule has 0 N–H and O–H groups in total. The first kappa shape index (κ1) is 9.12.